The SMILES string of the molecule is CC(Oc1cccc(Cl)c1)C(=O)Nc1sc2c(c1C(=O)N1CCOCC1)CCCC2. The predicted octanol–water partition coefficient (Wildman–Crippen LogP) is 4.16. The van der Waals surface area contributed by atoms with Crippen LogP contribution in [0, 0.1) is 0 Å². The Balaban J connectivity index is 1.54. The molecule has 4 rings (SSSR count). The van der Waals surface area contributed by atoms with Crippen LogP contribution >= 0.6 is 22.9 Å². The van der Waals surface area contributed by atoms with E-state index in [4.69, 9.17) is 21.1 Å². The van der Waals surface area contributed by atoms with E-state index in [1.807, 2.05) is 4.90 Å². The molecule has 30 heavy (non-hydrogen) atoms. The number of rotatable bonds is 5. The van der Waals surface area contributed by atoms with E-state index in [9.17, 15) is 9.59 Å². The number of thiophene rings is 1. The number of hydrogen-bond donors (Lipinski definition) is 1. The van der Waals surface area contributed by atoms with E-state index in [1.165, 1.54) is 16.2 Å². The average molecular weight is 449 g/mol. The van der Waals surface area contributed by atoms with Gasteiger partial charge in [0.1, 0.15) is 10.8 Å². The van der Waals surface area contributed by atoms with Crippen LogP contribution in [0.4, 0.5) is 5.00 Å². The molecule has 1 aromatic heterocycles. The molecule has 1 saturated heterocycles. The van der Waals surface area contributed by atoms with Crippen LogP contribution in [0.15, 0.2) is 24.3 Å². The molecule has 0 bridgehead atoms. The lowest BCUT2D eigenvalue weighted by Crippen LogP contribution is -2.41. The summed E-state index contributed by atoms with van der Waals surface area (Å²) in [4.78, 5) is 29.2. The lowest BCUT2D eigenvalue weighted by atomic mass is 9.95. The van der Waals surface area contributed by atoms with Gasteiger partial charge in [-0.15, -0.1) is 11.3 Å². The summed E-state index contributed by atoms with van der Waals surface area (Å²) >= 11 is 7.52. The first-order valence-corrected chi connectivity index (χ1v) is 11.5. The van der Waals surface area contributed by atoms with E-state index in [0.29, 0.717) is 47.6 Å². The molecule has 1 N–H and O–H groups in total. The van der Waals surface area contributed by atoms with Gasteiger partial charge in [0.25, 0.3) is 11.8 Å². The first kappa shape index (κ1) is 21.2. The third kappa shape index (κ3) is 4.63. The molecule has 1 fully saturated rings. The Hall–Kier alpha value is -2.09. The predicted molar refractivity (Wildman–Crippen MR) is 118 cm³/mol. The van der Waals surface area contributed by atoms with Crippen LogP contribution < -0.4 is 10.1 Å². The van der Waals surface area contributed by atoms with Gasteiger partial charge < -0.3 is 19.7 Å². The highest BCUT2D eigenvalue weighted by atomic mass is 35.5. The van der Waals surface area contributed by atoms with Gasteiger partial charge in [0.05, 0.1) is 18.8 Å². The maximum Gasteiger partial charge on any atom is 0.265 e. The van der Waals surface area contributed by atoms with E-state index in [-0.39, 0.29) is 11.8 Å². The summed E-state index contributed by atoms with van der Waals surface area (Å²) in [5.74, 6) is 0.223. The number of fused-ring (bicyclic) bond motifs is 1. The van der Waals surface area contributed by atoms with Gasteiger partial charge >= 0.3 is 0 Å². The topological polar surface area (TPSA) is 67.9 Å². The Morgan fingerprint density at radius 2 is 2.00 bits per heavy atom. The van der Waals surface area contributed by atoms with Crippen molar-refractivity contribution >= 4 is 39.8 Å². The molecule has 1 aromatic carbocycles. The van der Waals surface area contributed by atoms with Crippen LogP contribution in [0.3, 0.4) is 0 Å². The standard InChI is InChI=1S/C22H25ClN2O4S/c1-14(29-16-6-4-5-15(23)13-16)20(26)24-21-19(17-7-2-3-8-18(17)30-21)22(27)25-9-11-28-12-10-25/h4-6,13-14H,2-3,7-12H2,1H3,(H,24,26). The first-order chi connectivity index (χ1) is 14.5. The molecular weight excluding hydrogens is 424 g/mol. The molecule has 2 heterocycles. The van der Waals surface area contributed by atoms with Crippen molar-refractivity contribution in [3.05, 3.63) is 45.3 Å². The number of nitrogens with zero attached hydrogens (tertiary/aromatic N) is 1. The number of amides is 2. The molecular formula is C22H25ClN2O4S. The average Bonchev–Trinajstić information content (AvgIpc) is 3.11. The Kier molecular flexibility index (Phi) is 6.61. The molecule has 2 amide bonds. The zero-order chi connectivity index (χ0) is 21.1. The fourth-order valence-corrected chi connectivity index (χ4v) is 5.28. The van der Waals surface area contributed by atoms with E-state index < -0.39 is 6.10 Å². The monoisotopic (exact) mass is 448 g/mol. The lowest BCUT2D eigenvalue weighted by molar-refractivity contribution is -0.122. The fourth-order valence-electron chi connectivity index (χ4n) is 3.82. The van der Waals surface area contributed by atoms with E-state index in [1.54, 1.807) is 31.2 Å². The van der Waals surface area contributed by atoms with Gasteiger partial charge in [-0.2, -0.15) is 0 Å². The van der Waals surface area contributed by atoms with Gasteiger partial charge in [-0.25, -0.2) is 0 Å². The normalized spacial score (nSPS) is 17.2. The second-order valence-electron chi connectivity index (χ2n) is 7.53. The highest BCUT2D eigenvalue weighted by molar-refractivity contribution is 7.17. The summed E-state index contributed by atoms with van der Waals surface area (Å²) in [5.41, 5.74) is 1.75. The molecule has 2 aliphatic rings. The third-order valence-electron chi connectivity index (χ3n) is 5.40. The lowest BCUT2D eigenvalue weighted by Gasteiger charge is -2.28. The van der Waals surface area contributed by atoms with Crippen LogP contribution in [-0.2, 0) is 22.4 Å². The van der Waals surface area contributed by atoms with Crippen molar-refractivity contribution in [3.8, 4) is 5.75 Å². The number of ether oxygens (including phenoxy) is 2. The van der Waals surface area contributed by atoms with Crippen LogP contribution in [0.2, 0.25) is 5.02 Å². The largest absolute Gasteiger partial charge is 0.481 e. The molecule has 1 aliphatic heterocycles. The Labute approximate surface area is 185 Å². The van der Waals surface area contributed by atoms with Crippen LogP contribution in [0.5, 0.6) is 5.75 Å². The summed E-state index contributed by atoms with van der Waals surface area (Å²) in [6, 6.07) is 6.95. The highest BCUT2D eigenvalue weighted by Crippen LogP contribution is 2.39. The van der Waals surface area contributed by atoms with Crippen LogP contribution in [0.25, 0.3) is 0 Å². The zero-order valence-corrected chi connectivity index (χ0v) is 18.5. The number of carbonyl (C=O) groups is 2. The quantitative estimate of drug-likeness (QED) is 0.745. The highest BCUT2D eigenvalue weighted by Gasteiger charge is 2.30. The molecule has 0 spiro atoms. The second kappa shape index (κ2) is 9.37. The molecule has 0 saturated carbocycles. The van der Waals surface area contributed by atoms with Crippen LogP contribution in [-0.4, -0.2) is 49.1 Å². The smallest absolute Gasteiger partial charge is 0.265 e. The summed E-state index contributed by atoms with van der Waals surface area (Å²) in [6.07, 6.45) is 3.28. The van der Waals surface area contributed by atoms with Crippen LogP contribution in [0.1, 0.15) is 40.6 Å². The van der Waals surface area contributed by atoms with Gasteiger partial charge in [0.15, 0.2) is 6.10 Å². The summed E-state index contributed by atoms with van der Waals surface area (Å²) in [5, 5.41) is 4.14. The minimum Gasteiger partial charge on any atom is -0.481 e. The third-order valence-corrected chi connectivity index (χ3v) is 6.84. The maximum absolute atomic E-state index is 13.3. The first-order valence-electron chi connectivity index (χ1n) is 10.3. The zero-order valence-electron chi connectivity index (χ0n) is 16.9. The van der Waals surface area contributed by atoms with Crippen molar-refractivity contribution in [1.82, 2.24) is 4.90 Å². The number of benzene rings is 1. The maximum atomic E-state index is 13.3. The van der Waals surface area contributed by atoms with Gasteiger partial charge in [-0.1, -0.05) is 17.7 Å². The Bertz CT molecular complexity index is 939. The van der Waals surface area contributed by atoms with Gasteiger partial charge in [-0.3, -0.25) is 9.59 Å². The van der Waals surface area contributed by atoms with E-state index >= 15 is 0 Å². The van der Waals surface area contributed by atoms with Gasteiger partial charge in [0.2, 0.25) is 0 Å². The van der Waals surface area contributed by atoms with Crippen molar-refractivity contribution in [2.24, 2.45) is 0 Å². The van der Waals surface area contributed by atoms with Crippen molar-refractivity contribution in [2.75, 3.05) is 31.6 Å². The minimum absolute atomic E-state index is 0.0172. The van der Waals surface area contributed by atoms with Crippen molar-refractivity contribution in [3.63, 3.8) is 0 Å². The summed E-state index contributed by atoms with van der Waals surface area (Å²) in [7, 11) is 0. The molecule has 6 nitrogen and oxygen atoms in total. The number of morpholine rings is 1. The molecule has 0 radical (unpaired) electrons. The molecule has 8 heteroatoms. The van der Waals surface area contributed by atoms with E-state index in [0.717, 1.165) is 31.2 Å². The summed E-state index contributed by atoms with van der Waals surface area (Å²) < 4.78 is 11.1. The molecule has 1 unspecified atom stereocenters. The van der Waals surface area contributed by atoms with Crippen molar-refractivity contribution in [1.29, 1.82) is 0 Å². The number of carbonyl (C=O) groups excluding carboxylic acids is 2. The van der Waals surface area contributed by atoms with Gasteiger partial charge in [-0.05, 0) is 56.4 Å². The Morgan fingerprint density at radius 3 is 2.77 bits per heavy atom. The number of nitrogens with one attached hydrogen (secondary N) is 1. The van der Waals surface area contributed by atoms with Crippen molar-refractivity contribution < 1.29 is 19.1 Å². The molecule has 1 aliphatic carbocycles. The number of hydrogen-bond acceptors (Lipinski definition) is 5. The minimum atomic E-state index is -0.728. The second-order valence-corrected chi connectivity index (χ2v) is 9.07. The number of aryl methyl sites for hydroxylation is 1. The number of halogens is 1. The molecule has 160 valence electrons. The van der Waals surface area contributed by atoms with Gasteiger partial charge in [0, 0.05) is 23.0 Å². The Morgan fingerprint density at radius 1 is 1.23 bits per heavy atom. The number of anilines is 1. The van der Waals surface area contributed by atoms with E-state index in [2.05, 4.69) is 5.32 Å². The fraction of sp³-hybridized carbons (Fsp3) is 0.455. The molecule has 1 atom stereocenters. The summed E-state index contributed by atoms with van der Waals surface area (Å²) in [6.45, 7) is 3.93. The molecule has 2 aromatic rings. The van der Waals surface area contributed by atoms with Crippen molar-refractivity contribution in [2.45, 2.75) is 38.7 Å².